The lowest BCUT2D eigenvalue weighted by Gasteiger charge is -2.33. The summed E-state index contributed by atoms with van der Waals surface area (Å²) in [6.07, 6.45) is -4.73. The van der Waals surface area contributed by atoms with Crippen LogP contribution >= 0.6 is 11.6 Å². The molecular formula is C15H16ClF3N4O3S. The zero-order valence-corrected chi connectivity index (χ0v) is 15.8. The molecule has 27 heavy (non-hydrogen) atoms. The third-order valence-corrected chi connectivity index (χ3v) is 6.37. The molecule has 1 saturated heterocycles. The normalized spacial score (nSPS) is 17.4. The Hall–Kier alpha value is -1.69. The molecule has 2 aromatic rings. The number of benzene rings is 1. The number of rotatable bonds is 4. The molecule has 7 nitrogen and oxygen atoms in total. The van der Waals surface area contributed by atoms with Gasteiger partial charge in [0.1, 0.15) is 0 Å². The molecule has 3 rings (SSSR count). The van der Waals surface area contributed by atoms with E-state index in [0.29, 0.717) is 37.4 Å². The van der Waals surface area contributed by atoms with E-state index >= 15 is 0 Å². The fourth-order valence-corrected chi connectivity index (χ4v) is 4.44. The Morgan fingerprint density at radius 3 is 2.44 bits per heavy atom. The Morgan fingerprint density at radius 1 is 1.22 bits per heavy atom. The number of aryl methyl sites for hydroxylation is 1. The summed E-state index contributed by atoms with van der Waals surface area (Å²) in [6, 6.07) is 2.61. The lowest BCUT2D eigenvalue weighted by molar-refractivity contribution is -0.137. The first-order chi connectivity index (χ1) is 12.6. The summed E-state index contributed by atoms with van der Waals surface area (Å²) in [7, 11) is -4.06. The summed E-state index contributed by atoms with van der Waals surface area (Å²) < 4.78 is 70.5. The van der Waals surface area contributed by atoms with Crippen LogP contribution in [0.5, 0.6) is 0 Å². The molecule has 0 aliphatic carbocycles. The molecule has 0 bridgehead atoms. The summed E-state index contributed by atoms with van der Waals surface area (Å²) in [5.41, 5.74) is -1.17. The van der Waals surface area contributed by atoms with Crippen LogP contribution < -0.4 is 0 Å². The van der Waals surface area contributed by atoms with E-state index in [-0.39, 0.29) is 13.1 Å². The highest BCUT2D eigenvalue weighted by atomic mass is 35.5. The lowest BCUT2D eigenvalue weighted by Crippen LogP contribution is -2.48. The molecular weight excluding hydrogens is 409 g/mol. The van der Waals surface area contributed by atoms with Crippen molar-refractivity contribution >= 4 is 21.6 Å². The Bertz CT molecular complexity index is 925. The van der Waals surface area contributed by atoms with E-state index < -0.39 is 31.7 Å². The van der Waals surface area contributed by atoms with Gasteiger partial charge < -0.3 is 4.52 Å². The summed E-state index contributed by atoms with van der Waals surface area (Å²) >= 11 is 5.56. The molecule has 0 radical (unpaired) electrons. The molecule has 12 heteroatoms. The summed E-state index contributed by atoms with van der Waals surface area (Å²) in [6.45, 7) is 3.15. The van der Waals surface area contributed by atoms with Gasteiger partial charge in [0.15, 0.2) is 5.82 Å². The van der Waals surface area contributed by atoms with Gasteiger partial charge in [-0.15, -0.1) is 0 Å². The fourth-order valence-electron chi connectivity index (χ4n) is 2.76. The van der Waals surface area contributed by atoms with Crippen molar-refractivity contribution in [3.63, 3.8) is 0 Å². The molecule has 1 fully saturated rings. The van der Waals surface area contributed by atoms with Crippen LogP contribution in [-0.4, -0.2) is 53.9 Å². The van der Waals surface area contributed by atoms with E-state index in [2.05, 4.69) is 10.1 Å². The largest absolute Gasteiger partial charge is 0.417 e. The Kier molecular flexibility index (Phi) is 5.48. The van der Waals surface area contributed by atoms with Crippen LogP contribution in [0.15, 0.2) is 27.6 Å². The van der Waals surface area contributed by atoms with Crippen molar-refractivity contribution in [1.29, 1.82) is 0 Å². The van der Waals surface area contributed by atoms with E-state index in [1.807, 2.05) is 4.90 Å². The Labute approximate surface area is 158 Å². The van der Waals surface area contributed by atoms with E-state index in [1.54, 1.807) is 6.92 Å². The number of hydrogen-bond acceptors (Lipinski definition) is 6. The second-order valence-electron chi connectivity index (χ2n) is 6.05. The highest BCUT2D eigenvalue weighted by Crippen LogP contribution is 2.36. The number of piperazine rings is 1. The van der Waals surface area contributed by atoms with Crippen LogP contribution in [0.2, 0.25) is 5.02 Å². The van der Waals surface area contributed by atoms with Crippen molar-refractivity contribution in [2.75, 3.05) is 26.2 Å². The van der Waals surface area contributed by atoms with Gasteiger partial charge in [-0.2, -0.15) is 22.5 Å². The minimum Gasteiger partial charge on any atom is -0.340 e. The number of alkyl halides is 3. The minimum atomic E-state index is -4.73. The molecule has 0 spiro atoms. The van der Waals surface area contributed by atoms with E-state index in [1.165, 1.54) is 0 Å². The SMILES string of the molecule is Cc1nc(CN2CCN(S(=O)(=O)c3ccc(Cl)c(C(F)(F)F)c3)CC2)no1. The van der Waals surface area contributed by atoms with Crippen molar-refractivity contribution in [3.8, 4) is 0 Å². The maximum atomic E-state index is 13.0. The van der Waals surface area contributed by atoms with Gasteiger partial charge in [-0.1, -0.05) is 16.8 Å². The van der Waals surface area contributed by atoms with Crippen molar-refractivity contribution in [1.82, 2.24) is 19.3 Å². The second kappa shape index (κ2) is 7.38. The standard InChI is InChI=1S/C15H16ClF3N4O3S/c1-10-20-14(21-26-10)9-22-4-6-23(7-5-22)27(24,25)11-2-3-13(16)12(8-11)15(17,18)19/h2-3,8H,4-7,9H2,1H3. The molecule has 0 amide bonds. The Balaban J connectivity index is 1.72. The van der Waals surface area contributed by atoms with Crippen LogP contribution in [0.3, 0.4) is 0 Å². The first-order valence-corrected chi connectivity index (χ1v) is 9.77. The predicted molar refractivity (Wildman–Crippen MR) is 89.5 cm³/mol. The van der Waals surface area contributed by atoms with Gasteiger partial charge >= 0.3 is 6.18 Å². The molecule has 0 atom stereocenters. The number of halogens is 4. The highest BCUT2D eigenvalue weighted by molar-refractivity contribution is 7.89. The summed E-state index contributed by atoms with van der Waals surface area (Å²) in [5.74, 6) is 0.936. The minimum absolute atomic E-state index is 0.142. The average Bonchev–Trinajstić information content (AvgIpc) is 2.99. The quantitative estimate of drug-likeness (QED) is 0.750. The predicted octanol–water partition coefficient (Wildman–Crippen LogP) is 2.56. The molecule has 1 aliphatic heterocycles. The van der Waals surface area contributed by atoms with Gasteiger partial charge in [0, 0.05) is 33.1 Å². The van der Waals surface area contributed by atoms with Crippen LogP contribution in [-0.2, 0) is 22.7 Å². The van der Waals surface area contributed by atoms with Gasteiger partial charge in [0.25, 0.3) is 0 Å². The number of sulfonamides is 1. The second-order valence-corrected chi connectivity index (χ2v) is 8.39. The van der Waals surface area contributed by atoms with Crippen molar-refractivity contribution in [2.24, 2.45) is 0 Å². The van der Waals surface area contributed by atoms with Gasteiger partial charge in [0.05, 0.1) is 22.0 Å². The van der Waals surface area contributed by atoms with Crippen LogP contribution in [0, 0.1) is 6.92 Å². The van der Waals surface area contributed by atoms with Gasteiger partial charge in [-0.3, -0.25) is 4.90 Å². The average molecular weight is 425 g/mol. The highest BCUT2D eigenvalue weighted by Gasteiger charge is 2.36. The van der Waals surface area contributed by atoms with Gasteiger partial charge in [0.2, 0.25) is 15.9 Å². The molecule has 0 saturated carbocycles. The van der Waals surface area contributed by atoms with Crippen molar-refractivity contribution in [2.45, 2.75) is 24.5 Å². The number of aromatic nitrogens is 2. The topological polar surface area (TPSA) is 79.5 Å². The van der Waals surface area contributed by atoms with E-state index in [0.717, 1.165) is 16.4 Å². The monoisotopic (exact) mass is 424 g/mol. The molecule has 1 aliphatic rings. The third-order valence-electron chi connectivity index (χ3n) is 4.15. The number of nitrogens with zero attached hydrogens (tertiary/aromatic N) is 4. The maximum absolute atomic E-state index is 13.0. The van der Waals surface area contributed by atoms with Gasteiger partial charge in [-0.05, 0) is 18.2 Å². The molecule has 0 N–H and O–H groups in total. The molecule has 1 aromatic carbocycles. The molecule has 1 aromatic heterocycles. The molecule has 2 heterocycles. The van der Waals surface area contributed by atoms with Crippen LogP contribution in [0.25, 0.3) is 0 Å². The summed E-state index contributed by atoms with van der Waals surface area (Å²) in [4.78, 5) is 5.61. The maximum Gasteiger partial charge on any atom is 0.417 e. The number of hydrogen-bond donors (Lipinski definition) is 0. The lowest BCUT2D eigenvalue weighted by atomic mass is 10.2. The van der Waals surface area contributed by atoms with Crippen LogP contribution in [0.4, 0.5) is 13.2 Å². The van der Waals surface area contributed by atoms with Crippen molar-refractivity contribution < 1.29 is 26.1 Å². The fraction of sp³-hybridized carbons (Fsp3) is 0.467. The summed E-state index contributed by atoms with van der Waals surface area (Å²) in [5, 5.41) is 3.25. The molecule has 148 valence electrons. The molecule has 0 unspecified atom stereocenters. The smallest absolute Gasteiger partial charge is 0.340 e. The third kappa shape index (κ3) is 4.42. The van der Waals surface area contributed by atoms with E-state index in [9.17, 15) is 21.6 Å². The van der Waals surface area contributed by atoms with Crippen LogP contribution in [0.1, 0.15) is 17.3 Å². The zero-order valence-electron chi connectivity index (χ0n) is 14.2. The van der Waals surface area contributed by atoms with E-state index in [4.69, 9.17) is 16.1 Å². The Morgan fingerprint density at radius 2 is 1.89 bits per heavy atom. The zero-order chi connectivity index (χ0) is 19.8. The first kappa shape index (κ1) is 20.1. The van der Waals surface area contributed by atoms with Gasteiger partial charge in [-0.25, -0.2) is 8.42 Å². The first-order valence-electron chi connectivity index (χ1n) is 7.96. The van der Waals surface area contributed by atoms with Crippen molar-refractivity contribution in [3.05, 3.63) is 40.5 Å².